The number of furan rings is 1. The van der Waals surface area contributed by atoms with E-state index in [1.165, 1.54) is 53.9 Å². The van der Waals surface area contributed by atoms with Gasteiger partial charge >= 0.3 is 0 Å². The molecule has 1 aliphatic heterocycles. The van der Waals surface area contributed by atoms with Gasteiger partial charge in [0.05, 0.1) is 33.5 Å². The van der Waals surface area contributed by atoms with Crippen molar-refractivity contribution in [3.05, 3.63) is 217 Å². The van der Waals surface area contributed by atoms with Gasteiger partial charge in [0, 0.05) is 43.8 Å². The quantitative estimate of drug-likeness (QED) is 0.174. The summed E-state index contributed by atoms with van der Waals surface area (Å²) in [6.45, 7) is 2.29. The Morgan fingerprint density at radius 1 is 0.455 bits per heavy atom. The third kappa shape index (κ3) is 5.47. The summed E-state index contributed by atoms with van der Waals surface area (Å²) >= 11 is 0. The van der Waals surface area contributed by atoms with Crippen LogP contribution in [0.3, 0.4) is 0 Å². The predicted octanol–water partition coefficient (Wildman–Crippen LogP) is 16.0. The van der Waals surface area contributed by atoms with E-state index in [-0.39, 0.29) is 5.92 Å². The first-order chi connectivity index (χ1) is 32.6. The van der Waals surface area contributed by atoms with Gasteiger partial charge in [-0.1, -0.05) is 153 Å². The topological polar surface area (TPSA) is 47.7 Å². The van der Waals surface area contributed by atoms with E-state index in [0.717, 1.165) is 78.8 Å². The lowest BCUT2D eigenvalue weighted by Crippen LogP contribution is -2.18. The number of hydrogen-bond acceptors (Lipinski definition) is 3. The number of aliphatic imine (C=N–C) groups is 2. The van der Waals surface area contributed by atoms with Crippen LogP contribution in [0.4, 0.5) is 0 Å². The molecule has 5 heteroatoms. The third-order valence-electron chi connectivity index (χ3n) is 13.9. The van der Waals surface area contributed by atoms with Gasteiger partial charge in [-0.15, -0.1) is 0 Å². The van der Waals surface area contributed by atoms with Gasteiger partial charge in [-0.2, -0.15) is 0 Å². The van der Waals surface area contributed by atoms with Crippen LogP contribution in [0.1, 0.15) is 24.5 Å². The van der Waals surface area contributed by atoms with Crippen molar-refractivity contribution in [2.45, 2.75) is 13.3 Å². The molecule has 3 aromatic heterocycles. The van der Waals surface area contributed by atoms with Crippen LogP contribution in [0.15, 0.2) is 221 Å². The number of benzene rings is 10. The van der Waals surface area contributed by atoms with Gasteiger partial charge in [0.25, 0.3) is 0 Å². The minimum atomic E-state index is 0.0814. The summed E-state index contributed by atoms with van der Waals surface area (Å²) in [6.07, 6.45) is 3.07. The molecule has 0 bridgehead atoms. The van der Waals surface area contributed by atoms with Crippen molar-refractivity contribution in [2.75, 3.05) is 0 Å². The Hall–Kier alpha value is -8.54. The lowest BCUT2D eigenvalue weighted by molar-refractivity contribution is 0.666. The maximum absolute atomic E-state index is 7.12. The standard InChI is InChI=1S/C61H40N4O/c1-37-26-33-56(65-50-23-11-8-20-45(50)46-21-9-12-24-51(46)65)62-61(63-59(37)43-28-27-38-14-2-3-16-40(38)34-43)48-30-32-53(60-58(48)47-22-10-13-25-55(47)66-60)64-52-31-29-39-15-6-7-19-44(39)57(52)49-35-41-17-4-5-18-42(41)36-54(49)64/h2-25,27-37H,26H2,1H3/b56-33-,62-61-,63-59+. The van der Waals surface area contributed by atoms with E-state index < -0.39 is 0 Å². The lowest BCUT2D eigenvalue weighted by Gasteiger charge is -2.20. The highest BCUT2D eigenvalue weighted by Gasteiger charge is 2.26. The Balaban J connectivity index is 1.08. The maximum Gasteiger partial charge on any atom is 0.162 e. The van der Waals surface area contributed by atoms with Gasteiger partial charge < -0.3 is 8.98 Å². The SMILES string of the molecule is CC1C/C=C(n2c3ccccc3c3ccccc32)/N=C(c2ccc(-n3c4cc5ccccc5cc4c4c5ccccc5ccc43)c3oc4ccccc4c23)\N=C/1c1ccc2ccccc2c1. The van der Waals surface area contributed by atoms with Gasteiger partial charge in [0.1, 0.15) is 11.4 Å². The Bertz CT molecular complexity index is 4230. The third-order valence-corrected chi connectivity index (χ3v) is 13.9. The van der Waals surface area contributed by atoms with Crippen LogP contribution in [-0.4, -0.2) is 20.7 Å². The Morgan fingerprint density at radius 3 is 1.85 bits per heavy atom. The second kappa shape index (κ2) is 14.2. The van der Waals surface area contributed by atoms with Gasteiger partial charge in [-0.25, -0.2) is 9.98 Å². The molecule has 1 aliphatic rings. The van der Waals surface area contributed by atoms with Gasteiger partial charge in [0.15, 0.2) is 11.4 Å². The molecule has 1 unspecified atom stereocenters. The van der Waals surface area contributed by atoms with E-state index in [4.69, 9.17) is 14.4 Å². The minimum Gasteiger partial charge on any atom is -0.454 e. The van der Waals surface area contributed by atoms with Crippen molar-refractivity contribution in [1.82, 2.24) is 9.13 Å². The van der Waals surface area contributed by atoms with Crippen LogP contribution >= 0.6 is 0 Å². The summed E-state index contributed by atoms with van der Waals surface area (Å²) < 4.78 is 11.8. The van der Waals surface area contributed by atoms with Crippen molar-refractivity contribution >= 4 is 115 Å². The molecule has 5 nitrogen and oxygen atoms in total. The average Bonchev–Trinajstić information content (AvgIpc) is 4.03. The van der Waals surface area contributed by atoms with Crippen molar-refractivity contribution in [3.63, 3.8) is 0 Å². The van der Waals surface area contributed by atoms with Crippen LogP contribution in [0, 0.1) is 5.92 Å². The Morgan fingerprint density at radius 2 is 1.08 bits per heavy atom. The zero-order chi connectivity index (χ0) is 43.5. The number of amidine groups is 1. The van der Waals surface area contributed by atoms with Crippen LogP contribution < -0.4 is 0 Å². The number of fused-ring (bicyclic) bond motifs is 13. The molecule has 0 aliphatic carbocycles. The summed E-state index contributed by atoms with van der Waals surface area (Å²) in [5.41, 5.74) is 10.0. The average molecular weight is 845 g/mol. The predicted molar refractivity (Wildman–Crippen MR) is 278 cm³/mol. The monoisotopic (exact) mass is 844 g/mol. The Labute approximate surface area is 379 Å². The zero-order valence-electron chi connectivity index (χ0n) is 36.1. The molecule has 0 spiro atoms. The summed E-state index contributed by atoms with van der Waals surface area (Å²) in [5.74, 6) is 1.57. The fraction of sp³-hybridized carbons (Fsp3) is 0.0492. The van der Waals surface area contributed by atoms with E-state index >= 15 is 0 Å². The molecular formula is C61H40N4O. The van der Waals surface area contributed by atoms with Crippen molar-refractivity contribution in [3.8, 4) is 5.69 Å². The molecule has 1 atom stereocenters. The fourth-order valence-corrected chi connectivity index (χ4v) is 10.8. The molecule has 13 aromatic rings. The molecule has 66 heavy (non-hydrogen) atoms. The van der Waals surface area contributed by atoms with Crippen molar-refractivity contribution in [1.29, 1.82) is 0 Å². The first-order valence-corrected chi connectivity index (χ1v) is 22.8. The molecule has 14 rings (SSSR count). The largest absolute Gasteiger partial charge is 0.454 e. The molecule has 4 heterocycles. The van der Waals surface area contributed by atoms with Crippen LogP contribution in [-0.2, 0) is 0 Å². The lowest BCUT2D eigenvalue weighted by atomic mass is 9.92. The summed E-state index contributed by atoms with van der Waals surface area (Å²) in [7, 11) is 0. The van der Waals surface area contributed by atoms with Gasteiger partial charge in [0.2, 0.25) is 0 Å². The molecule has 10 aromatic carbocycles. The molecule has 0 fully saturated rings. The van der Waals surface area contributed by atoms with Gasteiger partial charge in [-0.3, -0.25) is 4.57 Å². The normalized spacial score (nSPS) is 17.2. The van der Waals surface area contributed by atoms with Gasteiger partial charge in [-0.05, 0) is 105 Å². The van der Waals surface area contributed by atoms with Crippen molar-refractivity contribution < 1.29 is 4.42 Å². The van der Waals surface area contributed by atoms with E-state index in [9.17, 15) is 0 Å². The highest BCUT2D eigenvalue weighted by molar-refractivity contribution is 6.26. The molecule has 0 saturated heterocycles. The van der Waals surface area contributed by atoms with E-state index in [0.29, 0.717) is 5.84 Å². The smallest absolute Gasteiger partial charge is 0.162 e. The molecule has 0 amide bonds. The summed E-state index contributed by atoms with van der Waals surface area (Å²) in [6, 6.07) is 72.0. The number of aromatic nitrogens is 2. The fourth-order valence-electron chi connectivity index (χ4n) is 10.8. The van der Waals surface area contributed by atoms with Crippen LogP contribution in [0.25, 0.3) is 109 Å². The number of allylic oxidation sites excluding steroid dienone is 1. The zero-order valence-corrected chi connectivity index (χ0v) is 36.1. The molecule has 0 N–H and O–H groups in total. The highest BCUT2D eigenvalue weighted by atomic mass is 16.3. The number of hydrogen-bond donors (Lipinski definition) is 0. The second-order valence-corrected chi connectivity index (χ2v) is 17.7. The summed E-state index contributed by atoms with van der Waals surface area (Å²) in [4.78, 5) is 11.5. The number of rotatable bonds is 4. The minimum absolute atomic E-state index is 0.0814. The van der Waals surface area contributed by atoms with Crippen LogP contribution in [0.5, 0.6) is 0 Å². The van der Waals surface area contributed by atoms with Crippen molar-refractivity contribution in [2.24, 2.45) is 15.9 Å². The van der Waals surface area contributed by atoms with E-state index in [2.05, 4.69) is 222 Å². The summed E-state index contributed by atoms with van der Waals surface area (Å²) in [5, 5.41) is 14.1. The molecule has 0 saturated carbocycles. The number of nitrogens with zero attached hydrogens (tertiary/aromatic N) is 4. The maximum atomic E-state index is 7.12. The number of para-hydroxylation sites is 3. The molecular weight excluding hydrogens is 805 g/mol. The van der Waals surface area contributed by atoms with E-state index in [1.54, 1.807) is 0 Å². The first-order valence-electron chi connectivity index (χ1n) is 22.8. The molecule has 0 radical (unpaired) electrons. The second-order valence-electron chi connectivity index (χ2n) is 17.7. The first kappa shape index (κ1) is 36.9. The van der Waals surface area contributed by atoms with E-state index in [1.807, 2.05) is 0 Å². The van der Waals surface area contributed by atoms with Crippen LogP contribution in [0.2, 0.25) is 0 Å². The highest BCUT2D eigenvalue weighted by Crippen LogP contribution is 2.43. The molecule has 310 valence electrons. The Kier molecular flexibility index (Phi) is 7.96.